The molecule has 0 radical (unpaired) electrons. The molecule has 1 unspecified atom stereocenters. The first kappa shape index (κ1) is 30.4. The highest BCUT2D eigenvalue weighted by Gasteiger charge is 2.36. The van der Waals surface area contributed by atoms with Crippen molar-refractivity contribution in [2.75, 3.05) is 18.0 Å². The molecule has 4 heterocycles. The topological polar surface area (TPSA) is 133 Å². The van der Waals surface area contributed by atoms with Gasteiger partial charge in [-0.2, -0.15) is 0 Å². The summed E-state index contributed by atoms with van der Waals surface area (Å²) in [6.45, 7) is 7.30. The molecule has 1 atom stereocenters. The van der Waals surface area contributed by atoms with Crippen molar-refractivity contribution in [3.8, 4) is 0 Å². The number of imidazole rings is 1. The maximum atomic E-state index is 14.1. The van der Waals surface area contributed by atoms with Gasteiger partial charge in [-0.05, 0) is 54.2 Å². The summed E-state index contributed by atoms with van der Waals surface area (Å²) >= 11 is 0. The van der Waals surface area contributed by atoms with Gasteiger partial charge in [0.2, 0.25) is 5.91 Å². The predicted octanol–water partition coefficient (Wildman–Crippen LogP) is 4.80. The first-order chi connectivity index (χ1) is 21.2. The highest BCUT2D eigenvalue weighted by atomic mass is 16.6. The van der Waals surface area contributed by atoms with Crippen LogP contribution in [0.1, 0.15) is 67.0 Å². The minimum atomic E-state index is -1.02. The summed E-state index contributed by atoms with van der Waals surface area (Å²) in [6, 6.07) is 15.4. The number of carbonyl (C=O) groups excluding carboxylic acids is 3. The lowest BCUT2D eigenvalue weighted by atomic mass is 9.87. The van der Waals surface area contributed by atoms with Crippen molar-refractivity contribution in [1.82, 2.24) is 30.2 Å². The van der Waals surface area contributed by atoms with Gasteiger partial charge in [-0.15, -0.1) is 0 Å². The van der Waals surface area contributed by atoms with E-state index >= 15 is 0 Å². The van der Waals surface area contributed by atoms with Crippen molar-refractivity contribution in [3.05, 3.63) is 108 Å². The standard InChI is InChI=1S/C33H37N7O4/c1-33(2,3)24-9-11-27(12-10-24)40(31(42)28-20-35-22-37-28)29(23-7-6-15-34-19-23)30(41)38-25-13-17-39(18-14-25)32(43)44-21-26-8-4-5-16-36-26/h4-12,15-16,19-20,22,25,29H,13-14,17-18,21H2,1-3H3,(H,35,37)(H,38,41). The minimum absolute atomic E-state index is 0.0879. The van der Waals surface area contributed by atoms with E-state index in [2.05, 4.69) is 46.0 Å². The first-order valence-electron chi connectivity index (χ1n) is 14.7. The van der Waals surface area contributed by atoms with Crippen molar-refractivity contribution < 1.29 is 19.1 Å². The summed E-state index contributed by atoms with van der Waals surface area (Å²) in [5.41, 5.74) is 2.98. The Morgan fingerprint density at radius 2 is 1.80 bits per heavy atom. The number of aromatic nitrogens is 4. The molecule has 44 heavy (non-hydrogen) atoms. The van der Waals surface area contributed by atoms with Crippen LogP contribution in [0.15, 0.2) is 85.7 Å². The number of nitrogens with zero attached hydrogens (tertiary/aromatic N) is 5. The zero-order valence-corrected chi connectivity index (χ0v) is 25.1. The highest BCUT2D eigenvalue weighted by molar-refractivity contribution is 6.09. The molecule has 1 fully saturated rings. The fourth-order valence-corrected chi connectivity index (χ4v) is 5.16. The fraction of sp³-hybridized carbons (Fsp3) is 0.333. The number of hydrogen-bond donors (Lipinski definition) is 2. The van der Waals surface area contributed by atoms with E-state index in [-0.39, 0.29) is 29.7 Å². The third kappa shape index (κ3) is 7.28. The predicted molar refractivity (Wildman–Crippen MR) is 165 cm³/mol. The van der Waals surface area contributed by atoms with Crippen LogP contribution in [0.25, 0.3) is 0 Å². The SMILES string of the molecule is CC(C)(C)c1ccc(N(C(=O)c2c[nH]cn2)C(C(=O)NC2CCN(C(=O)OCc3ccccn3)CC2)c2cccnc2)cc1. The maximum absolute atomic E-state index is 14.1. The van der Waals surface area contributed by atoms with Gasteiger partial charge in [0.15, 0.2) is 0 Å². The Morgan fingerprint density at radius 1 is 1.02 bits per heavy atom. The van der Waals surface area contributed by atoms with Gasteiger partial charge in [-0.25, -0.2) is 9.78 Å². The van der Waals surface area contributed by atoms with Crippen LogP contribution in [-0.4, -0.2) is 61.9 Å². The largest absolute Gasteiger partial charge is 0.443 e. The van der Waals surface area contributed by atoms with Crippen LogP contribution < -0.4 is 10.2 Å². The molecule has 5 rings (SSSR count). The number of hydrogen-bond acceptors (Lipinski definition) is 7. The van der Waals surface area contributed by atoms with E-state index in [1.54, 1.807) is 47.8 Å². The van der Waals surface area contributed by atoms with E-state index in [4.69, 9.17) is 4.74 Å². The lowest BCUT2D eigenvalue weighted by Crippen LogP contribution is -2.50. The van der Waals surface area contributed by atoms with Crippen molar-refractivity contribution in [1.29, 1.82) is 0 Å². The number of benzene rings is 1. The lowest BCUT2D eigenvalue weighted by Gasteiger charge is -2.35. The summed E-state index contributed by atoms with van der Waals surface area (Å²) in [4.78, 5) is 59.3. The maximum Gasteiger partial charge on any atom is 0.410 e. The number of pyridine rings is 2. The van der Waals surface area contributed by atoms with Crippen molar-refractivity contribution in [3.63, 3.8) is 0 Å². The lowest BCUT2D eigenvalue weighted by molar-refractivity contribution is -0.123. The molecular weight excluding hydrogens is 558 g/mol. The van der Waals surface area contributed by atoms with Crippen LogP contribution >= 0.6 is 0 Å². The molecule has 3 aromatic heterocycles. The van der Waals surface area contributed by atoms with Crippen LogP contribution in [-0.2, 0) is 21.6 Å². The Bertz CT molecular complexity index is 1530. The number of likely N-dealkylation sites (tertiary alicyclic amines) is 1. The third-order valence-corrected chi connectivity index (χ3v) is 7.62. The first-order valence-corrected chi connectivity index (χ1v) is 14.7. The van der Waals surface area contributed by atoms with Gasteiger partial charge in [0.05, 0.1) is 12.0 Å². The zero-order chi connectivity index (χ0) is 31.1. The molecule has 0 spiro atoms. The Balaban J connectivity index is 1.34. The minimum Gasteiger partial charge on any atom is -0.443 e. The quantitative estimate of drug-likeness (QED) is 0.299. The van der Waals surface area contributed by atoms with E-state index in [1.807, 2.05) is 30.3 Å². The summed E-state index contributed by atoms with van der Waals surface area (Å²) in [7, 11) is 0. The molecule has 0 aliphatic carbocycles. The summed E-state index contributed by atoms with van der Waals surface area (Å²) < 4.78 is 5.43. The van der Waals surface area contributed by atoms with Crippen molar-refractivity contribution >= 4 is 23.6 Å². The van der Waals surface area contributed by atoms with Gasteiger partial charge < -0.3 is 19.9 Å². The second-order valence-corrected chi connectivity index (χ2v) is 11.8. The molecule has 2 N–H and O–H groups in total. The van der Waals surface area contributed by atoms with Crippen molar-refractivity contribution in [2.45, 2.75) is 57.7 Å². The molecule has 3 amide bonds. The van der Waals surface area contributed by atoms with Gasteiger partial charge in [0.25, 0.3) is 5.91 Å². The van der Waals surface area contributed by atoms with Gasteiger partial charge in [0.1, 0.15) is 18.3 Å². The molecule has 4 aromatic rings. The van der Waals surface area contributed by atoms with Crippen LogP contribution in [0.2, 0.25) is 0 Å². The number of H-pyrrole nitrogens is 1. The highest BCUT2D eigenvalue weighted by Crippen LogP contribution is 2.32. The van der Waals surface area contributed by atoms with E-state index in [0.29, 0.717) is 42.9 Å². The van der Waals surface area contributed by atoms with Crippen LogP contribution in [0, 0.1) is 0 Å². The number of aromatic amines is 1. The van der Waals surface area contributed by atoms with E-state index in [1.165, 1.54) is 17.4 Å². The Hall–Kier alpha value is -5.06. The van der Waals surface area contributed by atoms with E-state index in [0.717, 1.165) is 5.56 Å². The molecule has 1 aliphatic heterocycles. The molecule has 1 saturated heterocycles. The average molecular weight is 596 g/mol. The Labute approximate surface area is 256 Å². The number of anilines is 1. The third-order valence-electron chi connectivity index (χ3n) is 7.62. The number of amides is 3. The van der Waals surface area contributed by atoms with Crippen LogP contribution in [0.3, 0.4) is 0 Å². The second kappa shape index (κ2) is 13.5. The summed E-state index contributed by atoms with van der Waals surface area (Å²) in [5, 5.41) is 3.14. The monoisotopic (exact) mass is 595 g/mol. The van der Waals surface area contributed by atoms with E-state index < -0.39 is 18.0 Å². The molecule has 11 nitrogen and oxygen atoms in total. The normalized spacial score (nSPS) is 14.5. The van der Waals surface area contributed by atoms with Crippen LogP contribution in [0.4, 0.5) is 10.5 Å². The number of ether oxygens (including phenoxy) is 1. The average Bonchev–Trinajstić information content (AvgIpc) is 3.58. The molecule has 1 aliphatic rings. The fourth-order valence-electron chi connectivity index (χ4n) is 5.16. The number of rotatable bonds is 8. The summed E-state index contributed by atoms with van der Waals surface area (Å²) in [5.74, 6) is -0.776. The Morgan fingerprint density at radius 3 is 2.41 bits per heavy atom. The molecule has 228 valence electrons. The van der Waals surface area contributed by atoms with Crippen molar-refractivity contribution in [2.24, 2.45) is 0 Å². The Kier molecular flexibility index (Phi) is 9.32. The molecule has 11 heteroatoms. The van der Waals surface area contributed by atoms with Gasteiger partial charge in [-0.3, -0.25) is 24.5 Å². The molecular formula is C33H37N7O4. The van der Waals surface area contributed by atoms with Gasteiger partial charge >= 0.3 is 6.09 Å². The molecule has 1 aromatic carbocycles. The van der Waals surface area contributed by atoms with Gasteiger partial charge in [0, 0.05) is 55.2 Å². The van der Waals surface area contributed by atoms with Gasteiger partial charge in [-0.1, -0.05) is 45.0 Å². The molecule has 0 saturated carbocycles. The zero-order valence-electron chi connectivity index (χ0n) is 25.1. The van der Waals surface area contributed by atoms with Crippen LogP contribution in [0.5, 0.6) is 0 Å². The molecule has 0 bridgehead atoms. The van der Waals surface area contributed by atoms with E-state index in [9.17, 15) is 14.4 Å². The number of nitrogens with one attached hydrogen (secondary N) is 2. The number of piperidine rings is 1. The second-order valence-electron chi connectivity index (χ2n) is 11.8. The number of carbonyl (C=O) groups is 3. The smallest absolute Gasteiger partial charge is 0.410 e. The summed E-state index contributed by atoms with van der Waals surface area (Å²) in [6.07, 6.45) is 8.49.